The SMILES string of the molecule is CC(C)(C)O.CC(C)(C)O.CC(C)(C)O.CC(C)(C)O.CCC(C)O.[Ti].[Ti]. The fourth-order valence-corrected chi connectivity index (χ4v) is 0. The molecule has 0 aromatic rings. The molecule has 0 aromatic heterocycles. The first-order chi connectivity index (χ1) is 10.3. The molecule has 0 rings (SSSR count). The van der Waals surface area contributed by atoms with Gasteiger partial charge < -0.3 is 25.5 Å². The molecule has 0 fully saturated rings. The van der Waals surface area contributed by atoms with Crippen molar-refractivity contribution in [2.45, 2.75) is 132 Å². The molecule has 0 aliphatic rings. The molecule has 0 spiro atoms. The summed E-state index contributed by atoms with van der Waals surface area (Å²) < 4.78 is 0. The second-order valence-corrected chi connectivity index (χ2v) is 9.94. The third-order valence-corrected chi connectivity index (χ3v) is 0.591. The Morgan fingerprint density at radius 3 is 0.556 bits per heavy atom. The van der Waals surface area contributed by atoms with Gasteiger partial charge in [0.1, 0.15) is 0 Å². The molecule has 0 saturated carbocycles. The Bertz CT molecular complexity index is 186. The molecule has 0 amide bonds. The van der Waals surface area contributed by atoms with Crippen molar-refractivity contribution < 1.29 is 69.0 Å². The van der Waals surface area contributed by atoms with Crippen molar-refractivity contribution >= 4 is 0 Å². The van der Waals surface area contributed by atoms with E-state index in [1.54, 1.807) is 90.0 Å². The minimum absolute atomic E-state index is 0. The first-order valence-electron chi connectivity index (χ1n) is 8.85. The summed E-state index contributed by atoms with van der Waals surface area (Å²) in [6, 6.07) is 0. The Morgan fingerprint density at radius 1 is 0.519 bits per heavy atom. The van der Waals surface area contributed by atoms with Crippen molar-refractivity contribution in [3.8, 4) is 0 Å². The van der Waals surface area contributed by atoms with Crippen molar-refractivity contribution in [2.24, 2.45) is 0 Å². The van der Waals surface area contributed by atoms with E-state index in [-0.39, 0.29) is 49.5 Å². The van der Waals surface area contributed by atoms with Gasteiger partial charge in [0.2, 0.25) is 0 Å². The van der Waals surface area contributed by atoms with E-state index in [9.17, 15) is 0 Å². The first kappa shape index (κ1) is 46.4. The van der Waals surface area contributed by atoms with Gasteiger partial charge in [0.25, 0.3) is 0 Å². The average molecular weight is 466 g/mol. The third kappa shape index (κ3) is 1660. The van der Waals surface area contributed by atoms with Gasteiger partial charge in [-0.05, 0) is 96.4 Å². The van der Waals surface area contributed by atoms with Gasteiger partial charge >= 0.3 is 0 Å². The van der Waals surface area contributed by atoms with Gasteiger partial charge in [-0.3, -0.25) is 0 Å². The number of aliphatic hydroxyl groups is 5. The van der Waals surface area contributed by atoms with Crippen LogP contribution in [-0.2, 0) is 43.4 Å². The quantitative estimate of drug-likeness (QED) is 0.378. The molecule has 0 radical (unpaired) electrons. The van der Waals surface area contributed by atoms with Crippen LogP contribution in [0.1, 0.15) is 103 Å². The molecule has 0 aliphatic carbocycles. The molecule has 168 valence electrons. The van der Waals surface area contributed by atoms with Crippen LogP contribution in [0.5, 0.6) is 0 Å². The van der Waals surface area contributed by atoms with Crippen LogP contribution in [0.25, 0.3) is 0 Å². The molecule has 27 heavy (non-hydrogen) atoms. The van der Waals surface area contributed by atoms with Gasteiger partial charge in [0.15, 0.2) is 0 Å². The second kappa shape index (κ2) is 21.9. The molecule has 1 unspecified atom stereocenters. The van der Waals surface area contributed by atoms with Crippen molar-refractivity contribution in [2.75, 3.05) is 0 Å². The molecule has 5 nitrogen and oxygen atoms in total. The predicted molar refractivity (Wildman–Crippen MR) is 110 cm³/mol. The van der Waals surface area contributed by atoms with Crippen molar-refractivity contribution in [3.05, 3.63) is 0 Å². The van der Waals surface area contributed by atoms with Crippen molar-refractivity contribution in [3.63, 3.8) is 0 Å². The van der Waals surface area contributed by atoms with Gasteiger partial charge in [-0.2, -0.15) is 0 Å². The average Bonchev–Trinajstić information content (AvgIpc) is 2.05. The molecule has 0 aromatic carbocycles. The van der Waals surface area contributed by atoms with Crippen molar-refractivity contribution in [1.82, 2.24) is 0 Å². The van der Waals surface area contributed by atoms with E-state index in [2.05, 4.69) is 0 Å². The molecule has 0 heterocycles. The Morgan fingerprint density at radius 2 is 0.556 bits per heavy atom. The van der Waals surface area contributed by atoms with E-state index in [1.807, 2.05) is 6.92 Å². The third-order valence-electron chi connectivity index (χ3n) is 0.591. The van der Waals surface area contributed by atoms with Crippen LogP contribution < -0.4 is 0 Å². The fraction of sp³-hybridized carbons (Fsp3) is 1.00. The molecular formula is C20H50O5Ti2. The van der Waals surface area contributed by atoms with E-state index in [1.165, 1.54) is 0 Å². The second-order valence-electron chi connectivity index (χ2n) is 9.94. The zero-order valence-electron chi connectivity index (χ0n) is 20.5. The maximum atomic E-state index is 8.52. The van der Waals surface area contributed by atoms with Gasteiger partial charge in [0, 0.05) is 43.4 Å². The van der Waals surface area contributed by atoms with E-state index in [4.69, 9.17) is 25.5 Å². The summed E-state index contributed by atoms with van der Waals surface area (Å²) in [5, 5.41) is 42.4. The fourth-order valence-electron chi connectivity index (χ4n) is 0. The Labute approximate surface area is 200 Å². The normalized spacial score (nSPS) is 11.7. The monoisotopic (exact) mass is 466 g/mol. The van der Waals surface area contributed by atoms with Gasteiger partial charge in [-0.15, -0.1) is 0 Å². The van der Waals surface area contributed by atoms with Gasteiger partial charge in [-0.1, -0.05) is 6.92 Å². The summed E-state index contributed by atoms with van der Waals surface area (Å²) in [7, 11) is 0. The number of aliphatic hydroxyl groups excluding tert-OH is 1. The summed E-state index contributed by atoms with van der Waals surface area (Å²) >= 11 is 0. The topological polar surface area (TPSA) is 101 Å². The Hall–Kier alpha value is 1.23. The van der Waals surface area contributed by atoms with Crippen LogP contribution in [0.3, 0.4) is 0 Å². The van der Waals surface area contributed by atoms with Crippen LogP contribution >= 0.6 is 0 Å². The van der Waals surface area contributed by atoms with Crippen LogP contribution in [0.2, 0.25) is 0 Å². The molecule has 0 bridgehead atoms. The van der Waals surface area contributed by atoms with E-state index >= 15 is 0 Å². The van der Waals surface area contributed by atoms with Crippen LogP contribution in [-0.4, -0.2) is 54.0 Å². The Kier molecular flexibility index (Phi) is 37.7. The van der Waals surface area contributed by atoms with Crippen molar-refractivity contribution in [1.29, 1.82) is 0 Å². The largest absolute Gasteiger partial charge is 0.393 e. The van der Waals surface area contributed by atoms with E-state index in [0.29, 0.717) is 0 Å². The van der Waals surface area contributed by atoms with Crippen LogP contribution in [0, 0.1) is 0 Å². The van der Waals surface area contributed by atoms with Gasteiger partial charge in [0.05, 0.1) is 28.5 Å². The molecule has 0 saturated heterocycles. The van der Waals surface area contributed by atoms with Gasteiger partial charge in [-0.25, -0.2) is 0 Å². The van der Waals surface area contributed by atoms with E-state index < -0.39 is 22.4 Å². The molecular weight excluding hydrogens is 416 g/mol. The zero-order chi connectivity index (χ0) is 22.3. The molecule has 5 N–H and O–H groups in total. The maximum Gasteiger partial charge on any atom is 0.0563 e. The minimum Gasteiger partial charge on any atom is -0.393 e. The smallest absolute Gasteiger partial charge is 0.0563 e. The summed E-state index contributed by atoms with van der Waals surface area (Å²) in [6.45, 7) is 24.6. The molecule has 0 aliphatic heterocycles. The summed E-state index contributed by atoms with van der Waals surface area (Å²) in [5.41, 5.74) is -2.00. The van der Waals surface area contributed by atoms with Crippen LogP contribution in [0.15, 0.2) is 0 Å². The standard InChI is InChI=1S/5C4H10O.2Ti/c4*1-4(2,3)5;1-3-4(2)5;;/h4*5H,1-3H3;4-5H,3H2,1-2H3;;. The summed E-state index contributed by atoms with van der Waals surface area (Å²) in [4.78, 5) is 0. The van der Waals surface area contributed by atoms with Crippen LogP contribution in [0.4, 0.5) is 0 Å². The minimum atomic E-state index is -0.500. The number of hydrogen-bond acceptors (Lipinski definition) is 5. The maximum absolute atomic E-state index is 8.52. The Balaban J connectivity index is -0.0000000364. The molecule has 7 heteroatoms. The van der Waals surface area contributed by atoms with E-state index in [0.717, 1.165) is 6.42 Å². The summed E-state index contributed by atoms with van der Waals surface area (Å²) in [5.74, 6) is 0. The number of hydrogen-bond donors (Lipinski definition) is 5. The zero-order valence-corrected chi connectivity index (χ0v) is 23.6. The predicted octanol–water partition coefficient (Wildman–Crippen LogP) is 3.88. The summed E-state index contributed by atoms with van der Waals surface area (Å²) in [6.07, 6.45) is 0.745. The first-order valence-corrected chi connectivity index (χ1v) is 8.85. The number of rotatable bonds is 1. The molecule has 1 atom stereocenters.